The average molecular weight is 507 g/mol. The molecule has 154 valence electrons. The van der Waals surface area contributed by atoms with E-state index in [1.165, 1.54) is 22.0 Å². The fourth-order valence-electron chi connectivity index (χ4n) is 3.78. The number of aryl methyl sites for hydroxylation is 2. The Hall–Kier alpha value is -0.450. The van der Waals surface area contributed by atoms with Crippen LogP contribution in [0, 0.1) is 6.92 Å². The van der Waals surface area contributed by atoms with E-state index in [2.05, 4.69) is 35.9 Å². The summed E-state index contributed by atoms with van der Waals surface area (Å²) in [7, 11) is 0. The number of rotatable bonds is 6. The number of aromatic nitrogens is 1. The van der Waals surface area contributed by atoms with Crippen LogP contribution in [-0.2, 0) is 17.6 Å². The average Bonchev–Trinajstić information content (AvgIpc) is 3.28. The summed E-state index contributed by atoms with van der Waals surface area (Å²) in [5.74, 6) is 1.06. The first-order valence-corrected chi connectivity index (χ1v) is 10.8. The molecule has 0 spiro atoms. The molecule has 6 nitrogen and oxygen atoms in total. The molecular formula is C19H34IN5OS. The summed E-state index contributed by atoms with van der Waals surface area (Å²) in [5.41, 5.74) is 1.24. The quantitative estimate of drug-likeness (QED) is 0.365. The zero-order chi connectivity index (χ0) is 18.4. The number of hydrogen-bond acceptors (Lipinski definition) is 5. The SMILES string of the molecule is CCNC(=NCCc1nc(CC)c(C)s1)N1CCC(N2CCOCC2)C1.I. The third-order valence-electron chi connectivity index (χ3n) is 5.22. The van der Waals surface area contributed by atoms with Gasteiger partial charge in [-0.2, -0.15) is 0 Å². The van der Waals surface area contributed by atoms with Gasteiger partial charge in [-0.15, -0.1) is 35.3 Å². The zero-order valence-electron chi connectivity index (χ0n) is 16.9. The van der Waals surface area contributed by atoms with Crippen molar-refractivity contribution in [2.45, 2.75) is 46.1 Å². The van der Waals surface area contributed by atoms with Crippen LogP contribution >= 0.6 is 35.3 Å². The normalized spacial score (nSPS) is 21.4. The number of aliphatic imine (C=N–C) groups is 1. The summed E-state index contributed by atoms with van der Waals surface area (Å²) in [4.78, 5) is 16.0. The van der Waals surface area contributed by atoms with E-state index in [1.807, 2.05) is 11.3 Å². The van der Waals surface area contributed by atoms with Crippen molar-refractivity contribution in [3.63, 3.8) is 0 Å². The lowest BCUT2D eigenvalue weighted by molar-refractivity contribution is 0.0195. The lowest BCUT2D eigenvalue weighted by Crippen LogP contribution is -2.46. The van der Waals surface area contributed by atoms with Crippen LogP contribution in [0.25, 0.3) is 0 Å². The number of thiazole rings is 1. The lowest BCUT2D eigenvalue weighted by atomic mass is 10.2. The number of nitrogens with zero attached hydrogens (tertiary/aromatic N) is 4. The Morgan fingerprint density at radius 1 is 1.30 bits per heavy atom. The molecule has 1 aromatic heterocycles. The molecule has 2 aliphatic rings. The number of nitrogens with one attached hydrogen (secondary N) is 1. The van der Waals surface area contributed by atoms with Gasteiger partial charge < -0.3 is 15.0 Å². The van der Waals surface area contributed by atoms with Crippen molar-refractivity contribution in [1.82, 2.24) is 20.1 Å². The van der Waals surface area contributed by atoms with Gasteiger partial charge in [0, 0.05) is 56.6 Å². The number of morpholine rings is 1. The highest BCUT2D eigenvalue weighted by Gasteiger charge is 2.30. The molecule has 3 rings (SSSR count). The predicted molar refractivity (Wildman–Crippen MR) is 124 cm³/mol. The van der Waals surface area contributed by atoms with Crippen LogP contribution in [0.2, 0.25) is 0 Å². The molecule has 0 aromatic carbocycles. The first kappa shape index (κ1) is 22.8. The molecule has 3 heterocycles. The van der Waals surface area contributed by atoms with Crippen molar-refractivity contribution in [3.05, 3.63) is 15.6 Å². The van der Waals surface area contributed by atoms with E-state index in [-0.39, 0.29) is 24.0 Å². The van der Waals surface area contributed by atoms with Crippen molar-refractivity contribution in [3.8, 4) is 0 Å². The van der Waals surface area contributed by atoms with Gasteiger partial charge in [-0.3, -0.25) is 9.89 Å². The molecule has 0 bridgehead atoms. The molecule has 0 aliphatic carbocycles. The number of hydrogen-bond donors (Lipinski definition) is 1. The van der Waals surface area contributed by atoms with Crippen molar-refractivity contribution < 1.29 is 4.74 Å². The lowest BCUT2D eigenvalue weighted by Gasteiger charge is -2.32. The maximum Gasteiger partial charge on any atom is 0.193 e. The smallest absolute Gasteiger partial charge is 0.193 e. The minimum atomic E-state index is 0. The van der Waals surface area contributed by atoms with Gasteiger partial charge in [-0.05, 0) is 26.7 Å². The van der Waals surface area contributed by atoms with Crippen molar-refractivity contribution >= 4 is 41.3 Å². The van der Waals surface area contributed by atoms with Crippen molar-refractivity contribution in [2.75, 3.05) is 52.5 Å². The minimum absolute atomic E-state index is 0. The van der Waals surface area contributed by atoms with E-state index < -0.39 is 0 Å². The van der Waals surface area contributed by atoms with Crippen molar-refractivity contribution in [2.24, 2.45) is 4.99 Å². The molecule has 1 aromatic rings. The van der Waals surface area contributed by atoms with Gasteiger partial charge in [0.25, 0.3) is 0 Å². The fourth-order valence-corrected chi connectivity index (χ4v) is 4.79. The number of guanidine groups is 1. The minimum Gasteiger partial charge on any atom is -0.379 e. The molecule has 1 atom stereocenters. The van der Waals surface area contributed by atoms with Gasteiger partial charge in [0.15, 0.2) is 5.96 Å². The highest BCUT2D eigenvalue weighted by Crippen LogP contribution is 2.19. The Balaban J connectivity index is 0.00000261. The Morgan fingerprint density at radius 2 is 2.07 bits per heavy atom. The van der Waals surface area contributed by atoms with Gasteiger partial charge in [0.05, 0.1) is 23.9 Å². The maximum absolute atomic E-state index is 5.49. The van der Waals surface area contributed by atoms with Gasteiger partial charge in [-0.1, -0.05) is 6.92 Å². The van der Waals surface area contributed by atoms with E-state index in [0.717, 1.165) is 71.3 Å². The molecule has 1 unspecified atom stereocenters. The number of ether oxygens (including phenoxy) is 1. The van der Waals surface area contributed by atoms with E-state index in [9.17, 15) is 0 Å². The molecule has 27 heavy (non-hydrogen) atoms. The van der Waals surface area contributed by atoms with E-state index in [0.29, 0.717) is 6.04 Å². The van der Waals surface area contributed by atoms with Gasteiger partial charge >= 0.3 is 0 Å². The monoisotopic (exact) mass is 507 g/mol. The maximum atomic E-state index is 5.49. The second kappa shape index (κ2) is 11.5. The standard InChI is InChI=1S/C19H33N5OS.HI/c1-4-17-15(3)26-18(22-17)6-8-21-19(20-5-2)24-9-7-16(14-24)23-10-12-25-13-11-23;/h16H,4-14H2,1-3H3,(H,20,21);1H. The molecule has 0 radical (unpaired) electrons. The van der Waals surface area contributed by atoms with Gasteiger partial charge in [0.2, 0.25) is 0 Å². The molecule has 0 saturated carbocycles. The molecule has 2 aliphatic heterocycles. The molecule has 2 fully saturated rings. The van der Waals surface area contributed by atoms with Crippen LogP contribution in [-0.4, -0.2) is 79.3 Å². The first-order valence-electron chi connectivity index (χ1n) is 10.0. The molecular weight excluding hydrogens is 473 g/mol. The summed E-state index contributed by atoms with van der Waals surface area (Å²) in [5, 5.41) is 4.69. The van der Waals surface area contributed by atoms with Crippen LogP contribution in [0.5, 0.6) is 0 Å². The van der Waals surface area contributed by atoms with Crippen LogP contribution in [0.3, 0.4) is 0 Å². The third-order valence-corrected chi connectivity index (χ3v) is 6.29. The molecule has 2 saturated heterocycles. The summed E-state index contributed by atoms with van der Waals surface area (Å²) in [6, 6.07) is 0.636. The highest BCUT2D eigenvalue weighted by molar-refractivity contribution is 14.0. The summed E-state index contributed by atoms with van der Waals surface area (Å²) in [6.45, 7) is 14.2. The van der Waals surface area contributed by atoms with Crippen LogP contribution < -0.4 is 5.32 Å². The topological polar surface area (TPSA) is 53.0 Å². The van der Waals surface area contributed by atoms with Crippen LogP contribution in [0.1, 0.15) is 35.8 Å². The molecule has 8 heteroatoms. The molecule has 0 amide bonds. The predicted octanol–water partition coefficient (Wildman–Crippen LogP) is 2.55. The second-order valence-electron chi connectivity index (χ2n) is 6.99. The summed E-state index contributed by atoms with van der Waals surface area (Å²) >= 11 is 1.82. The largest absolute Gasteiger partial charge is 0.379 e. The molecule has 1 N–H and O–H groups in total. The summed E-state index contributed by atoms with van der Waals surface area (Å²) < 4.78 is 5.49. The van der Waals surface area contributed by atoms with Gasteiger partial charge in [-0.25, -0.2) is 4.98 Å². The zero-order valence-corrected chi connectivity index (χ0v) is 20.0. The van der Waals surface area contributed by atoms with Crippen molar-refractivity contribution in [1.29, 1.82) is 0 Å². The number of likely N-dealkylation sites (tertiary alicyclic amines) is 1. The van der Waals surface area contributed by atoms with Crippen LogP contribution in [0.4, 0.5) is 0 Å². The van der Waals surface area contributed by atoms with Gasteiger partial charge in [0.1, 0.15) is 0 Å². The Bertz CT molecular complexity index is 603. The van der Waals surface area contributed by atoms with E-state index >= 15 is 0 Å². The third kappa shape index (κ3) is 6.27. The summed E-state index contributed by atoms with van der Waals surface area (Å²) in [6.07, 6.45) is 3.17. The number of halogens is 1. The Morgan fingerprint density at radius 3 is 2.74 bits per heavy atom. The first-order chi connectivity index (χ1) is 12.7. The van der Waals surface area contributed by atoms with E-state index in [1.54, 1.807) is 0 Å². The highest BCUT2D eigenvalue weighted by atomic mass is 127. The Kier molecular flexibility index (Phi) is 9.75. The fraction of sp³-hybridized carbons (Fsp3) is 0.789. The van der Waals surface area contributed by atoms with Crippen LogP contribution in [0.15, 0.2) is 4.99 Å². The van der Waals surface area contributed by atoms with E-state index in [4.69, 9.17) is 14.7 Å². The Labute approximate surface area is 184 Å². The second-order valence-corrected chi connectivity index (χ2v) is 8.27.